The molecule has 2 aliphatic rings. The van der Waals surface area contributed by atoms with Crippen molar-refractivity contribution in [3.63, 3.8) is 0 Å². The van der Waals surface area contributed by atoms with Crippen molar-refractivity contribution in [2.45, 2.75) is 18.2 Å². The van der Waals surface area contributed by atoms with E-state index in [1.807, 2.05) is 0 Å². The highest BCUT2D eigenvalue weighted by Gasteiger charge is 2.31. The van der Waals surface area contributed by atoms with Gasteiger partial charge in [0.1, 0.15) is 0 Å². The van der Waals surface area contributed by atoms with Gasteiger partial charge in [-0.2, -0.15) is 0 Å². The normalized spacial score (nSPS) is 58.5. The second kappa shape index (κ2) is 1.76. The fraction of sp³-hybridized carbons (Fsp3) is 0.273. The van der Waals surface area contributed by atoms with Crippen LogP contribution in [-0.4, -0.2) is 0 Å². The van der Waals surface area contributed by atoms with E-state index in [9.17, 15) is 0 Å². The summed E-state index contributed by atoms with van der Waals surface area (Å²) in [5.41, 5.74) is 0.696. The van der Waals surface area contributed by atoms with Crippen LogP contribution >= 0.6 is 0 Å². The zero-order chi connectivity index (χ0) is 12.6. The molecule has 0 aliphatic heterocycles. The topological polar surface area (TPSA) is 0 Å². The van der Waals surface area contributed by atoms with Gasteiger partial charge in [-0.3, -0.25) is 0 Å². The van der Waals surface area contributed by atoms with E-state index in [4.69, 9.17) is 8.22 Å². The maximum absolute atomic E-state index is 8.26. The first-order valence-electron chi connectivity index (χ1n) is 6.58. The molecule has 0 amide bonds. The van der Waals surface area contributed by atoms with Crippen LogP contribution in [0.4, 0.5) is 0 Å². The van der Waals surface area contributed by atoms with Gasteiger partial charge in [-0.1, -0.05) is 36.4 Å². The third-order valence-corrected chi connectivity index (χ3v) is 2.03. The van der Waals surface area contributed by atoms with Gasteiger partial charge >= 0.3 is 0 Å². The van der Waals surface area contributed by atoms with Crippen molar-refractivity contribution >= 4 is 0 Å². The van der Waals surface area contributed by atoms with Crippen molar-refractivity contribution < 1.29 is 8.22 Å². The molecule has 0 saturated heterocycles. The number of rotatable bonds is 0. The number of hydrogen-bond acceptors (Lipinski definition) is 0. The Morgan fingerprint density at radius 3 is 2.36 bits per heavy atom. The molecule has 0 heterocycles. The van der Waals surface area contributed by atoms with E-state index in [2.05, 4.69) is 0 Å². The first-order valence-corrected chi connectivity index (χ1v) is 3.58. The maximum atomic E-state index is 8.26. The summed E-state index contributed by atoms with van der Waals surface area (Å²) in [6, 6.07) is 5.72. The van der Waals surface area contributed by atoms with Gasteiger partial charge < -0.3 is 0 Å². The van der Waals surface area contributed by atoms with Gasteiger partial charge in [0.25, 0.3) is 0 Å². The molecule has 2 aliphatic carbocycles. The smallest absolute Gasteiger partial charge is 0.0579 e. The summed E-state index contributed by atoms with van der Waals surface area (Å²) in [4.78, 5) is 0. The lowest BCUT2D eigenvalue weighted by atomic mass is 9.97. The van der Waals surface area contributed by atoms with Crippen LogP contribution < -0.4 is 0 Å². The maximum Gasteiger partial charge on any atom is 0.0579 e. The van der Waals surface area contributed by atoms with Gasteiger partial charge in [0.15, 0.2) is 0 Å². The molecule has 0 heteroatoms. The minimum atomic E-state index is -2.27. The quantitative estimate of drug-likeness (QED) is 0.496. The standard InChI is InChI=1S/C11H10/c1-2-4-11-9-6-5-8(7-9)10(11)3-1/h1-6,8-9H,7H2/i5D,6D,7D2,8D,9D. The predicted octanol–water partition coefficient (Wildman–Crippen LogP) is 2.83. The summed E-state index contributed by atoms with van der Waals surface area (Å²) >= 11 is 0. The monoisotopic (exact) mass is 148 g/mol. The second-order valence-electron chi connectivity index (χ2n) is 2.67. The molecule has 1 aromatic carbocycles. The highest BCUT2D eigenvalue weighted by Crippen LogP contribution is 2.47. The Bertz CT molecular complexity index is 516. The van der Waals surface area contributed by atoms with Crippen molar-refractivity contribution in [3.05, 3.63) is 47.5 Å². The molecule has 0 nitrogen and oxygen atoms in total. The molecule has 2 bridgehead atoms. The molecule has 1 aromatic rings. The average Bonchev–Trinajstić information content (AvgIpc) is 2.51. The van der Waals surface area contributed by atoms with E-state index in [0.29, 0.717) is 11.1 Å². The number of benzene rings is 1. The van der Waals surface area contributed by atoms with Gasteiger partial charge in [-0.25, -0.2) is 0 Å². The number of fused-ring (bicyclic) bond motifs is 5. The largest absolute Gasteiger partial charge is 0.0804 e. The Labute approximate surface area is 75.0 Å². The van der Waals surface area contributed by atoms with E-state index < -0.39 is 30.3 Å². The summed E-state index contributed by atoms with van der Waals surface area (Å²) in [5, 5.41) is 0. The molecule has 54 valence electrons. The Hall–Kier alpha value is -1.04. The summed E-state index contributed by atoms with van der Waals surface area (Å²) in [7, 11) is 0. The summed E-state index contributed by atoms with van der Waals surface area (Å²) in [6.45, 7) is 0. The van der Waals surface area contributed by atoms with Crippen LogP contribution in [-0.2, 0) is 0 Å². The molecule has 3 rings (SSSR count). The number of hydrogen-bond donors (Lipinski definition) is 0. The van der Waals surface area contributed by atoms with Crippen LogP contribution in [0.3, 0.4) is 0 Å². The van der Waals surface area contributed by atoms with Gasteiger partial charge in [0.2, 0.25) is 0 Å². The van der Waals surface area contributed by atoms with E-state index in [1.54, 1.807) is 24.3 Å². The summed E-state index contributed by atoms with van der Waals surface area (Å²) < 4.78 is 48.1. The molecule has 2 atom stereocenters. The van der Waals surface area contributed by atoms with Crippen molar-refractivity contribution in [1.82, 2.24) is 0 Å². The van der Waals surface area contributed by atoms with Crippen LogP contribution in [0.15, 0.2) is 36.4 Å². The van der Waals surface area contributed by atoms with Crippen LogP contribution in [0, 0.1) is 0 Å². The van der Waals surface area contributed by atoms with E-state index in [0.717, 1.165) is 0 Å². The average molecular weight is 148 g/mol. The molecule has 0 spiro atoms. The fourth-order valence-electron chi connectivity index (χ4n) is 1.50. The van der Waals surface area contributed by atoms with Gasteiger partial charge in [0.05, 0.1) is 2.74 Å². The Balaban J connectivity index is 2.48. The Morgan fingerprint density at radius 2 is 1.82 bits per heavy atom. The summed E-state index contributed by atoms with van der Waals surface area (Å²) in [5.74, 6) is -3.83. The zero-order valence-electron chi connectivity index (χ0n) is 11.8. The Kier molecular flexibility index (Phi) is 0.397. The van der Waals surface area contributed by atoms with Crippen molar-refractivity contribution in [3.8, 4) is 0 Å². The third kappa shape index (κ3) is 0.597. The molecule has 0 N–H and O–H groups in total. The molecule has 0 saturated carbocycles. The lowest BCUT2D eigenvalue weighted by molar-refractivity contribution is 0.804. The zero-order valence-corrected chi connectivity index (χ0v) is 5.81. The first kappa shape index (κ1) is 2.48. The van der Waals surface area contributed by atoms with Crippen LogP contribution in [0.25, 0.3) is 0 Å². The summed E-state index contributed by atoms with van der Waals surface area (Å²) in [6.07, 6.45) is -2.27. The minimum Gasteiger partial charge on any atom is -0.0804 e. The van der Waals surface area contributed by atoms with Gasteiger partial charge in [0, 0.05) is 17.3 Å². The molecule has 0 fully saturated rings. The van der Waals surface area contributed by atoms with Crippen LogP contribution in [0.5, 0.6) is 0 Å². The van der Waals surface area contributed by atoms with Gasteiger partial charge in [-0.05, 0) is 17.5 Å². The molecule has 2 unspecified atom stereocenters. The molecule has 0 radical (unpaired) electrons. The van der Waals surface area contributed by atoms with E-state index >= 15 is 0 Å². The SMILES string of the molecule is [2H]C1=C([2H])C2([2H])c3ccccc3C1([2H])C2([2H])[2H]. The minimum absolute atomic E-state index is 0.348. The van der Waals surface area contributed by atoms with Crippen molar-refractivity contribution in [2.75, 3.05) is 0 Å². The first-order chi connectivity index (χ1) is 7.79. The lowest BCUT2D eigenvalue weighted by Crippen LogP contribution is -1.90. The van der Waals surface area contributed by atoms with Crippen LogP contribution in [0.2, 0.25) is 0 Å². The number of allylic oxidation sites excluding steroid dienone is 2. The molecule has 0 aromatic heterocycles. The van der Waals surface area contributed by atoms with E-state index in [1.165, 1.54) is 0 Å². The Morgan fingerprint density at radius 1 is 1.27 bits per heavy atom. The molecular formula is C11H10. The fourth-order valence-corrected chi connectivity index (χ4v) is 1.50. The van der Waals surface area contributed by atoms with Crippen molar-refractivity contribution in [2.24, 2.45) is 0 Å². The van der Waals surface area contributed by atoms with Crippen molar-refractivity contribution in [1.29, 1.82) is 0 Å². The molecule has 11 heavy (non-hydrogen) atoms. The highest BCUT2D eigenvalue weighted by molar-refractivity contribution is 5.47. The van der Waals surface area contributed by atoms with Crippen LogP contribution in [0.1, 0.15) is 37.5 Å². The second-order valence-corrected chi connectivity index (χ2v) is 2.67. The third-order valence-electron chi connectivity index (χ3n) is 2.03. The van der Waals surface area contributed by atoms with Gasteiger partial charge in [-0.15, -0.1) is 0 Å². The molecular weight excluding hydrogens is 132 g/mol. The lowest BCUT2D eigenvalue weighted by Gasteiger charge is -2.08. The predicted molar refractivity (Wildman–Crippen MR) is 45.7 cm³/mol. The highest BCUT2D eigenvalue weighted by atomic mass is 14.3. The van der Waals surface area contributed by atoms with E-state index in [-0.39, 0.29) is 0 Å².